The Morgan fingerprint density at radius 2 is 2.32 bits per heavy atom. The van der Waals surface area contributed by atoms with Crippen LogP contribution in [0.2, 0.25) is 0 Å². The van der Waals surface area contributed by atoms with Gasteiger partial charge in [-0.25, -0.2) is 9.59 Å². The Balaban J connectivity index is 1.87. The van der Waals surface area contributed by atoms with E-state index >= 15 is 0 Å². The Bertz CT molecular complexity index is 349. The summed E-state index contributed by atoms with van der Waals surface area (Å²) in [5, 5.41) is 11.5. The minimum atomic E-state index is -1.08. The smallest absolute Gasteiger partial charge is 0.334 e. The number of amides is 2. The summed E-state index contributed by atoms with van der Waals surface area (Å²) in [6, 6.07) is -0.108. The number of carboxylic acid groups (broad SMARTS) is 1. The monoisotopic (exact) mass is 272 g/mol. The van der Waals surface area contributed by atoms with Crippen LogP contribution in [0.15, 0.2) is 0 Å². The maximum Gasteiger partial charge on any atom is 0.334 e. The molecule has 0 aromatic rings. The maximum atomic E-state index is 12.1. The van der Waals surface area contributed by atoms with E-state index in [1.54, 1.807) is 4.90 Å². The Labute approximate surface area is 111 Å². The number of ether oxygens (including phenoxy) is 2. The lowest BCUT2D eigenvalue weighted by Gasteiger charge is -2.37. The van der Waals surface area contributed by atoms with E-state index < -0.39 is 12.1 Å². The van der Waals surface area contributed by atoms with Crippen LogP contribution in [0.25, 0.3) is 0 Å². The van der Waals surface area contributed by atoms with E-state index in [0.717, 1.165) is 19.3 Å². The van der Waals surface area contributed by atoms with Gasteiger partial charge in [-0.15, -0.1) is 0 Å². The molecule has 2 aliphatic rings. The molecule has 1 aliphatic carbocycles. The zero-order valence-electron chi connectivity index (χ0n) is 11.0. The molecule has 7 nitrogen and oxygen atoms in total. The summed E-state index contributed by atoms with van der Waals surface area (Å²) < 4.78 is 10.4. The number of nitrogens with zero attached hydrogens (tertiary/aromatic N) is 1. The number of hydrogen-bond acceptors (Lipinski definition) is 4. The average molecular weight is 272 g/mol. The van der Waals surface area contributed by atoms with Gasteiger partial charge in [0.2, 0.25) is 0 Å². The third-order valence-electron chi connectivity index (χ3n) is 3.74. The van der Waals surface area contributed by atoms with Crippen LogP contribution in [0.4, 0.5) is 4.79 Å². The van der Waals surface area contributed by atoms with Crippen molar-refractivity contribution in [2.45, 2.75) is 37.5 Å². The topological polar surface area (TPSA) is 88.1 Å². The molecule has 2 amide bonds. The highest BCUT2D eigenvalue weighted by Crippen LogP contribution is 2.29. The number of carbonyl (C=O) groups excluding carboxylic acids is 1. The van der Waals surface area contributed by atoms with Gasteiger partial charge in [-0.05, 0) is 19.3 Å². The molecule has 1 saturated carbocycles. The quantitative estimate of drug-likeness (QED) is 0.755. The maximum absolute atomic E-state index is 12.1. The van der Waals surface area contributed by atoms with E-state index in [0.29, 0.717) is 13.2 Å². The van der Waals surface area contributed by atoms with Crippen molar-refractivity contribution in [1.29, 1.82) is 0 Å². The SMILES string of the molecule is COC(CNC(=O)N1CCOC2CCCC21)C(=O)O. The molecule has 1 aliphatic heterocycles. The van der Waals surface area contributed by atoms with Crippen molar-refractivity contribution in [1.82, 2.24) is 10.2 Å². The Hall–Kier alpha value is -1.34. The molecule has 3 atom stereocenters. The zero-order chi connectivity index (χ0) is 13.8. The second-order valence-electron chi connectivity index (χ2n) is 4.85. The van der Waals surface area contributed by atoms with E-state index in [4.69, 9.17) is 14.6 Å². The van der Waals surface area contributed by atoms with Crippen molar-refractivity contribution in [3.05, 3.63) is 0 Å². The molecule has 0 radical (unpaired) electrons. The van der Waals surface area contributed by atoms with Crippen LogP contribution in [0.1, 0.15) is 19.3 Å². The second kappa shape index (κ2) is 6.21. The molecular formula is C12H20N2O5. The molecule has 2 rings (SSSR count). The van der Waals surface area contributed by atoms with E-state index in [1.165, 1.54) is 7.11 Å². The number of hydrogen-bond donors (Lipinski definition) is 2. The third-order valence-corrected chi connectivity index (χ3v) is 3.74. The van der Waals surface area contributed by atoms with Gasteiger partial charge in [0.1, 0.15) is 0 Å². The van der Waals surface area contributed by atoms with Crippen molar-refractivity contribution in [3.63, 3.8) is 0 Å². The molecule has 0 aromatic carbocycles. The summed E-state index contributed by atoms with van der Waals surface area (Å²) in [6.07, 6.45) is 2.13. The molecule has 2 fully saturated rings. The number of carbonyl (C=O) groups is 2. The van der Waals surface area contributed by atoms with Crippen LogP contribution in [-0.2, 0) is 14.3 Å². The fourth-order valence-corrected chi connectivity index (χ4v) is 2.73. The molecule has 19 heavy (non-hydrogen) atoms. The number of urea groups is 1. The number of methoxy groups -OCH3 is 1. The fourth-order valence-electron chi connectivity index (χ4n) is 2.73. The van der Waals surface area contributed by atoms with Gasteiger partial charge in [0, 0.05) is 13.7 Å². The lowest BCUT2D eigenvalue weighted by atomic mass is 10.1. The van der Waals surface area contributed by atoms with Gasteiger partial charge in [-0.1, -0.05) is 0 Å². The number of aliphatic carboxylic acids is 1. The summed E-state index contributed by atoms with van der Waals surface area (Å²) in [7, 11) is 1.31. The Kier molecular flexibility index (Phi) is 4.60. The Morgan fingerprint density at radius 3 is 3.00 bits per heavy atom. The third kappa shape index (κ3) is 3.16. The van der Waals surface area contributed by atoms with Crippen LogP contribution in [0.5, 0.6) is 0 Å². The first kappa shape index (κ1) is 14.1. The predicted octanol–water partition coefficient (Wildman–Crippen LogP) is 0.0489. The molecule has 0 spiro atoms. The zero-order valence-corrected chi connectivity index (χ0v) is 11.0. The first-order valence-corrected chi connectivity index (χ1v) is 6.55. The minimum absolute atomic E-state index is 0.0284. The van der Waals surface area contributed by atoms with E-state index in [9.17, 15) is 9.59 Å². The normalized spacial score (nSPS) is 27.7. The van der Waals surface area contributed by atoms with Crippen LogP contribution < -0.4 is 5.32 Å². The molecule has 1 saturated heterocycles. The van der Waals surface area contributed by atoms with Gasteiger partial charge in [-0.2, -0.15) is 0 Å². The van der Waals surface area contributed by atoms with Crippen LogP contribution in [0.3, 0.4) is 0 Å². The fraction of sp³-hybridized carbons (Fsp3) is 0.833. The number of morpholine rings is 1. The van der Waals surface area contributed by atoms with Gasteiger partial charge in [0.15, 0.2) is 6.10 Å². The highest BCUT2D eigenvalue weighted by molar-refractivity contribution is 5.77. The molecule has 108 valence electrons. The van der Waals surface area contributed by atoms with Gasteiger partial charge < -0.3 is 24.8 Å². The summed E-state index contributed by atoms with van der Waals surface area (Å²) in [6.45, 7) is 1.07. The van der Waals surface area contributed by atoms with E-state index in [2.05, 4.69) is 5.32 Å². The van der Waals surface area contributed by atoms with Crippen LogP contribution >= 0.6 is 0 Å². The number of nitrogens with one attached hydrogen (secondary N) is 1. The molecule has 7 heteroatoms. The largest absolute Gasteiger partial charge is 0.479 e. The van der Waals surface area contributed by atoms with Crippen LogP contribution in [0, 0.1) is 0 Å². The second-order valence-corrected chi connectivity index (χ2v) is 4.85. The first-order valence-electron chi connectivity index (χ1n) is 6.55. The summed E-state index contributed by atoms with van der Waals surface area (Å²) in [4.78, 5) is 24.6. The van der Waals surface area contributed by atoms with Crippen molar-refractivity contribution < 1.29 is 24.2 Å². The first-order chi connectivity index (χ1) is 9.13. The highest BCUT2D eigenvalue weighted by atomic mass is 16.5. The number of fused-ring (bicyclic) bond motifs is 1. The van der Waals surface area contributed by atoms with Gasteiger partial charge >= 0.3 is 12.0 Å². The molecule has 1 heterocycles. The van der Waals surface area contributed by atoms with Crippen molar-refractivity contribution >= 4 is 12.0 Å². The molecule has 0 aromatic heterocycles. The van der Waals surface area contributed by atoms with Crippen LogP contribution in [-0.4, -0.2) is 67.1 Å². The number of carboxylic acids is 1. The standard InChI is InChI=1S/C12H20N2O5/c1-18-10(11(15)16)7-13-12(17)14-5-6-19-9-4-2-3-8(9)14/h8-10H,2-7H2,1H3,(H,13,17)(H,15,16). The van der Waals surface area contributed by atoms with E-state index in [1.807, 2.05) is 0 Å². The predicted molar refractivity (Wildman–Crippen MR) is 65.9 cm³/mol. The molecule has 2 N–H and O–H groups in total. The average Bonchev–Trinajstić information content (AvgIpc) is 2.86. The minimum Gasteiger partial charge on any atom is -0.479 e. The van der Waals surface area contributed by atoms with Crippen molar-refractivity contribution in [2.75, 3.05) is 26.8 Å². The van der Waals surface area contributed by atoms with E-state index in [-0.39, 0.29) is 24.7 Å². The highest BCUT2D eigenvalue weighted by Gasteiger charge is 2.38. The van der Waals surface area contributed by atoms with Gasteiger partial charge in [0.25, 0.3) is 0 Å². The number of rotatable bonds is 4. The summed E-state index contributed by atoms with van der Waals surface area (Å²) in [5.74, 6) is -1.08. The molecular weight excluding hydrogens is 252 g/mol. The summed E-state index contributed by atoms with van der Waals surface area (Å²) >= 11 is 0. The lowest BCUT2D eigenvalue weighted by molar-refractivity contribution is -0.148. The summed E-state index contributed by atoms with van der Waals surface area (Å²) in [5.41, 5.74) is 0. The lowest BCUT2D eigenvalue weighted by Crippen LogP contribution is -2.55. The van der Waals surface area contributed by atoms with Gasteiger partial charge in [0.05, 0.1) is 25.3 Å². The van der Waals surface area contributed by atoms with Gasteiger partial charge in [-0.3, -0.25) is 0 Å². The van der Waals surface area contributed by atoms with Crippen molar-refractivity contribution in [3.8, 4) is 0 Å². The Morgan fingerprint density at radius 1 is 1.53 bits per heavy atom. The molecule has 3 unspecified atom stereocenters. The molecule has 0 bridgehead atoms. The van der Waals surface area contributed by atoms with Crippen molar-refractivity contribution in [2.24, 2.45) is 0 Å².